The van der Waals surface area contributed by atoms with Crippen molar-refractivity contribution in [2.75, 3.05) is 7.11 Å². The number of halogens is 2. The molecule has 0 unspecified atom stereocenters. The highest BCUT2D eigenvalue weighted by atomic mass is 19.3. The second-order valence-electron chi connectivity index (χ2n) is 2.25. The molecular weight excluding hydrogens is 180 g/mol. The lowest BCUT2D eigenvalue weighted by Crippen LogP contribution is -2.10. The Hall–Kier alpha value is -1.52. The van der Waals surface area contributed by atoms with E-state index in [1.807, 2.05) is 0 Å². The van der Waals surface area contributed by atoms with E-state index in [9.17, 15) is 13.6 Å². The van der Waals surface area contributed by atoms with E-state index in [-0.39, 0.29) is 11.4 Å². The van der Waals surface area contributed by atoms with Crippen molar-refractivity contribution in [3.63, 3.8) is 0 Å². The highest BCUT2D eigenvalue weighted by Gasteiger charge is 2.17. The summed E-state index contributed by atoms with van der Waals surface area (Å²) in [6, 6.07) is 2.39. The summed E-state index contributed by atoms with van der Waals surface area (Å²) in [4.78, 5) is 14.5. The molecule has 0 aliphatic heterocycles. The second kappa shape index (κ2) is 3.93. The second-order valence-corrected chi connectivity index (χ2v) is 2.25. The molecule has 1 rings (SSSR count). The minimum atomic E-state index is -2.99. The highest BCUT2D eigenvalue weighted by Crippen LogP contribution is 2.12. The molecule has 1 heterocycles. The van der Waals surface area contributed by atoms with Crippen molar-refractivity contribution in [3.8, 4) is 5.88 Å². The fourth-order valence-corrected chi connectivity index (χ4v) is 0.800. The number of methoxy groups -OCH3 is 1. The number of Topliss-reactive ketones (excluding diaryl/α,β-unsaturated/α-hetero) is 1. The fourth-order valence-electron chi connectivity index (χ4n) is 0.800. The van der Waals surface area contributed by atoms with Gasteiger partial charge in [-0.15, -0.1) is 0 Å². The van der Waals surface area contributed by atoms with Crippen LogP contribution in [0.1, 0.15) is 10.4 Å². The summed E-state index contributed by atoms with van der Waals surface area (Å²) >= 11 is 0. The van der Waals surface area contributed by atoms with Crippen molar-refractivity contribution < 1.29 is 18.3 Å². The normalized spacial score (nSPS) is 10.2. The number of pyridine rings is 1. The summed E-state index contributed by atoms with van der Waals surface area (Å²) in [5, 5.41) is 0. The Bertz CT molecular complexity index is 315. The maximum absolute atomic E-state index is 11.9. The number of ether oxygens (including phenoxy) is 1. The van der Waals surface area contributed by atoms with Gasteiger partial charge in [-0.25, -0.2) is 13.8 Å². The molecule has 0 saturated carbocycles. The van der Waals surface area contributed by atoms with Crippen LogP contribution < -0.4 is 4.74 Å². The van der Waals surface area contributed by atoms with Gasteiger partial charge < -0.3 is 4.74 Å². The van der Waals surface area contributed by atoms with Crippen LogP contribution in [-0.4, -0.2) is 24.3 Å². The zero-order valence-corrected chi connectivity index (χ0v) is 6.83. The maximum Gasteiger partial charge on any atom is 0.300 e. The Labute approximate surface area is 73.4 Å². The molecule has 1 aromatic heterocycles. The first kappa shape index (κ1) is 9.57. The molecule has 0 saturated heterocycles. The van der Waals surface area contributed by atoms with Gasteiger partial charge in [-0.3, -0.25) is 4.79 Å². The molecule has 0 spiro atoms. The molecule has 0 radical (unpaired) electrons. The number of aromatic nitrogens is 1. The van der Waals surface area contributed by atoms with E-state index in [4.69, 9.17) is 0 Å². The molecule has 0 aliphatic carbocycles. The third-order valence-electron chi connectivity index (χ3n) is 1.43. The average molecular weight is 187 g/mol. The summed E-state index contributed by atoms with van der Waals surface area (Å²) in [7, 11) is 1.35. The number of carbonyl (C=O) groups excluding carboxylic acids is 1. The quantitative estimate of drug-likeness (QED) is 0.673. The molecule has 1 aromatic rings. The number of rotatable bonds is 3. The summed E-state index contributed by atoms with van der Waals surface area (Å²) in [6.45, 7) is 0. The van der Waals surface area contributed by atoms with Crippen LogP contribution in [0.5, 0.6) is 5.88 Å². The zero-order valence-electron chi connectivity index (χ0n) is 6.83. The summed E-state index contributed by atoms with van der Waals surface area (Å²) in [6.07, 6.45) is -1.75. The van der Waals surface area contributed by atoms with Crippen LogP contribution in [0, 0.1) is 0 Å². The Kier molecular flexibility index (Phi) is 2.89. The Morgan fingerprint density at radius 3 is 2.85 bits per heavy atom. The van der Waals surface area contributed by atoms with E-state index in [1.54, 1.807) is 0 Å². The Morgan fingerprint density at radius 1 is 1.62 bits per heavy atom. The number of hydrogen-bond donors (Lipinski definition) is 0. The molecule has 5 heteroatoms. The molecular formula is C8H7F2NO2. The molecule has 0 bridgehead atoms. The van der Waals surface area contributed by atoms with Crippen LogP contribution in [-0.2, 0) is 0 Å². The Balaban J connectivity index is 2.95. The first-order valence-corrected chi connectivity index (χ1v) is 3.47. The van der Waals surface area contributed by atoms with Crippen LogP contribution >= 0.6 is 0 Å². The van der Waals surface area contributed by atoms with Gasteiger partial charge >= 0.3 is 6.43 Å². The van der Waals surface area contributed by atoms with Gasteiger partial charge in [0.2, 0.25) is 11.7 Å². The molecule has 13 heavy (non-hydrogen) atoms. The SMILES string of the molecule is COc1cc(C(=O)C(F)F)ccn1. The summed E-state index contributed by atoms with van der Waals surface area (Å²) < 4.78 is 28.6. The topological polar surface area (TPSA) is 39.2 Å². The van der Waals surface area contributed by atoms with Crippen molar-refractivity contribution in [2.45, 2.75) is 6.43 Å². The van der Waals surface area contributed by atoms with Crippen LogP contribution in [0.4, 0.5) is 8.78 Å². The van der Waals surface area contributed by atoms with Crippen LogP contribution in [0.2, 0.25) is 0 Å². The molecule has 0 aromatic carbocycles. The first-order valence-electron chi connectivity index (χ1n) is 3.47. The molecule has 0 N–H and O–H groups in total. The van der Waals surface area contributed by atoms with E-state index in [0.29, 0.717) is 0 Å². The van der Waals surface area contributed by atoms with Crippen molar-refractivity contribution in [1.29, 1.82) is 0 Å². The predicted molar refractivity (Wildman–Crippen MR) is 41.1 cm³/mol. The lowest BCUT2D eigenvalue weighted by molar-refractivity contribution is 0.0678. The van der Waals surface area contributed by atoms with Gasteiger partial charge in [-0.1, -0.05) is 0 Å². The Morgan fingerprint density at radius 2 is 2.31 bits per heavy atom. The molecule has 0 aliphatic rings. The van der Waals surface area contributed by atoms with Gasteiger partial charge in [0.25, 0.3) is 0 Å². The minimum Gasteiger partial charge on any atom is -0.481 e. The lowest BCUT2D eigenvalue weighted by atomic mass is 10.2. The summed E-state index contributed by atoms with van der Waals surface area (Å²) in [5.74, 6) is -1.08. The van der Waals surface area contributed by atoms with E-state index >= 15 is 0 Å². The zero-order chi connectivity index (χ0) is 9.84. The average Bonchev–Trinajstić information content (AvgIpc) is 2.16. The standard InChI is InChI=1S/C8H7F2NO2/c1-13-6-4-5(2-3-11-6)7(12)8(9)10/h2-4,8H,1H3. The number of alkyl halides is 2. The number of carbonyl (C=O) groups is 1. The van der Waals surface area contributed by atoms with Crippen LogP contribution in [0.3, 0.4) is 0 Å². The van der Waals surface area contributed by atoms with Gasteiger partial charge in [0.15, 0.2) is 0 Å². The third-order valence-corrected chi connectivity index (χ3v) is 1.43. The molecule has 3 nitrogen and oxygen atoms in total. The third kappa shape index (κ3) is 2.21. The lowest BCUT2D eigenvalue weighted by Gasteiger charge is -2.01. The number of hydrogen-bond acceptors (Lipinski definition) is 3. The van der Waals surface area contributed by atoms with E-state index in [2.05, 4.69) is 9.72 Å². The van der Waals surface area contributed by atoms with Gasteiger partial charge in [0.05, 0.1) is 7.11 Å². The molecule has 0 amide bonds. The van der Waals surface area contributed by atoms with E-state index in [1.165, 1.54) is 25.4 Å². The number of ketones is 1. The monoisotopic (exact) mass is 187 g/mol. The van der Waals surface area contributed by atoms with Crippen molar-refractivity contribution >= 4 is 5.78 Å². The fraction of sp³-hybridized carbons (Fsp3) is 0.250. The van der Waals surface area contributed by atoms with E-state index < -0.39 is 12.2 Å². The minimum absolute atomic E-state index is 0.0955. The largest absolute Gasteiger partial charge is 0.481 e. The van der Waals surface area contributed by atoms with Crippen molar-refractivity contribution in [3.05, 3.63) is 23.9 Å². The maximum atomic E-state index is 11.9. The van der Waals surface area contributed by atoms with Crippen LogP contribution in [0.15, 0.2) is 18.3 Å². The first-order chi connectivity index (χ1) is 6.15. The van der Waals surface area contributed by atoms with Gasteiger partial charge in [-0.2, -0.15) is 0 Å². The van der Waals surface area contributed by atoms with Gasteiger partial charge in [0, 0.05) is 17.8 Å². The van der Waals surface area contributed by atoms with Gasteiger partial charge in [-0.05, 0) is 6.07 Å². The summed E-state index contributed by atoms with van der Waals surface area (Å²) in [5.41, 5.74) is -0.0955. The number of nitrogens with zero attached hydrogens (tertiary/aromatic N) is 1. The molecule has 70 valence electrons. The van der Waals surface area contributed by atoms with Crippen molar-refractivity contribution in [1.82, 2.24) is 4.98 Å². The molecule has 0 fully saturated rings. The van der Waals surface area contributed by atoms with Gasteiger partial charge in [0.1, 0.15) is 0 Å². The predicted octanol–water partition coefficient (Wildman–Crippen LogP) is 1.54. The molecule has 0 atom stereocenters. The van der Waals surface area contributed by atoms with E-state index in [0.717, 1.165) is 0 Å². The van der Waals surface area contributed by atoms with Crippen LogP contribution in [0.25, 0.3) is 0 Å². The smallest absolute Gasteiger partial charge is 0.300 e. The van der Waals surface area contributed by atoms with Crippen molar-refractivity contribution in [2.24, 2.45) is 0 Å². The highest BCUT2D eigenvalue weighted by molar-refractivity contribution is 5.98.